The zero-order valence-corrected chi connectivity index (χ0v) is 11.0. The average molecular weight is 270 g/mol. The number of hydrogen-bond donors (Lipinski definition) is 1. The lowest BCUT2D eigenvalue weighted by Crippen LogP contribution is -2.38. The van der Waals surface area contributed by atoms with Crippen molar-refractivity contribution in [3.05, 3.63) is 65.5 Å². The van der Waals surface area contributed by atoms with E-state index in [4.69, 9.17) is 0 Å². The first-order chi connectivity index (χ1) is 9.74. The Labute approximate surface area is 117 Å². The Hall–Kier alpha value is -2.36. The quantitative estimate of drug-likeness (QED) is 0.893. The van der Waals surface area contributed by atoms with E-state index in [1.54, 1.807) is 11.0 Å². The lowest BCUT2D eigenvalue weighted by molar-refractivity contribution is 0.246. The third-order valence-corrected chi connectivity index (χ3v) is 3.47. The molecule has 0 aromatic heterocycles. The van der Waals surface area contributed by atoms with Gasteiger partial charge in [-0.3, -0.25) is 4.90 Å². The van der Waals surface area contributed by atoms with Gasteiger partial charge < -0.3 is 5.32 Å². The summed E-state index contributed by atoms with van der Waals surface area (Å²) in [7, 11) is 0. The Kier molecular flexibility index (Phi) is 3.37. The number of urea groups is 1. The summed E-state index contributed by atoms with van der Waals surface area (Å²) >= 11 is 0. The predicted octanol–water partition coefficient (Wildman–Crippen LogP) is 3.10. The first kappa shape index (κ1) is 12.7. The van der Waals surface area contributed by atoms with Crippen LogP contribution in [0, 0.1) is 5.82 Å². The van der Waals surface area contributed by atoms with Crippen molar-refractivity contribution < 1.29 is 9.18 Å². The van der Waals surface area contributed by atoms with Gasteiger partial charge in [0.15, 0.2) is 0 Å². The fraction of sp³-hybridized carbons (Fsp3) is 0.188. The molecule has 4 heteroatoms. The van der Waals surface area contributed by atoms with Crippen molar-refractivity contribution in [3.63, 3.8) is 0 Å². The van der Waals surface area contributed by atoms with E-state index < -0.39 is 0 Å². The van der Waals surface area contributed by atoms with E-state index in [-0.39, 0.29) is 11.8 Å². The SMILES string of the molecule is O=C(NCc1ccccc1)N1CCc2ccc(F)cc21. The number of amides is 2. The Bertz CT molecular complexity index is 628. The Morgan fingerprint density at radius 3 is 2.80 bits per heavy atom. The van der Waals surface area contributed by atoms with E-state index in [2.05, 4.69) is 5.32 Å². The summed E-state index contributed by atoms with van der Waals surface area (Å²) in [4.78, 5) is 13.8. The number of hydrogen-bond acceptors (Lipinski definition) is 1. The minimum Gasteiger partial charge on any atom is -0.334 e. The van der Waals surface area contributed by atoms with Crippen molar-refractivity contribution in [2.24, 2.45) is 0 Å². The number of halogens is 1. The Morgan fingerprint density at radius 2 is 2.00 bits per heavy atom. The van der Waals surface area contributed by atoms with Gasteiger partial charge in [0.1, 0.15) is 5.82 Å². The highest BCUT2D eigenvalue weighted by atomic mass is 19.1. The number of fused-ring (bicyclic) bond motifs is 1. The van der Waals surface area contributed by atoms with E-state index in [0.717, 1.165) is 17.5 Å². The molecule has 0 radical (unpaired) electrons. The summed E-state index contributed by atoms with van der Waals surface area (Å²) in [5.74, 6) is -0.313. The molecule has 1 aliphatic heterocycles. The van der Waals surface area contributed by atoms with E-state index in [1.807, 2.05) is 30.3 Å². The van der Waals surface area contributed by atoms with Crippen LogP contribution in [0.3, 0.4) is 0 Å². The molecule has 3 rings (SSSR count). The van der Waals surface area contributed by atoms with Crippen LogP contribution in [0.2, 0.25) is 0 Å². The van der Waals surface area contributed by atoms with E-state index in [0.29, 0.717) is 18.8 Å². The molecule has 2 amide bonds. The van der Waals surface area contributed by atoms with E-state index >= 15 is 0 Å². The highest BCUT2D eigenvalue weighted by Gasteiger charge is 2.24. The summed E-state index contributed by atoms with van der Waals surface area (Å²) in [6.07, 6.45) is 0.772. The van der Waals surface area contributed by atoms with Gasteiger partial charge in [0.2, 0.25) is 0 Å². The average Bonchev–Trinajstić information content (AvgIpc) is 2.89. The maximum Gasteiger partial charge on any atom is 0.322 e. The van der Waals surface area contributed by atoms with Crippen molar-refractivity contribution in [1.29, 1.82) is 0 Å². The van der Waals surface area contributed by atoms with Gasteiger partial charge >= 0.3 is 6.03 Å². The number of nitrogens with zero attached hydrogens (tertiary/aromatic N) is 1. The molecular weight excluding hydrogens is 255 g/mol. The number of carbonyl (C=O) groups is 1. The highest BCUT2D eigenvalue weighted by molar-refractivity contribution is 5.94. The second-order valence-corrected chi connectivity index (χ2v) is 4.82. The van der Waals surface area contributed by atoms with Crippen molar-refractivity contribution in [2.45, 2.75) is 13.0 Å². The topological polar surface area (TPSA) is 32.3 Å². The summed E-state index contributed by atoms with van der Waals surface area (Å²) in [6.45, 7) is 1.07. The second-order valence-electron chi connectivity index (χ2n) is 4.82. The zero-order valence-electron chi connectivity index (χ0n) is 11.0. The van der Waals surface area contributed by atoms with Gasteiger partial charge in [0.25, 0.3) is 0 Å². The summed E-state index contributed by atoms with van der Waals surface area (Å²) in [5, 5.41) is 2.87. The minimum atomic E-state index is -0.313. The number of anilines is 1. The third-order valence-electron chi connectivity index (χ3n) is 3.47. The second kappa shape index (κ2) is 5.33. The molecule has 20 heavy (non-hydrogen) atoms. The van der Waals surface area contributed by atoms with Gasteiger partial charge in [-0.2, -0.15) is 0 Å². The monoisotopic (exact) mass is 270 g/mol. The predicted molar refractivity (Wildman–Crippen MR) is 76.1 cm³/mol. The summed E-state index contributed by atoms with van der Waals surface area (Å²) in [5.41, 5.74) is 2.73. The van der Waals surface area contributed by atoms with Gasteiger partial charge in [-0.25, -0.2) is 9.18 Å². The fourth-order valence-corrected chi connectivity index (χ4v) is 2.43. The zero-order chi connectivity index (χ0) is 13.9. The molecule has 3 nitrogen and oxygen atoms in total. The van der Waals surface area contributed by atoms with Crippen LogP contribution in [0.5, 0.6) is 0 Å². The molecule has 102 valence electrons. The van der Waals surface area contributed by atoms with Crippen molar-refractivity contribution in [2.75, 3.05) is 11.4 Å². The van der Waals surface area contributed by atoms with Crippen molar-refractivity contribution in [1.82, 2.24) is 5.32 Å². The van der Waals surface area contributed by atoms with Gasteiger partial charge in [0, 0.05) is 13.1 Å². The standard InChI is InChI=1S/C16H15FN2O/c17-14-7-6-13-8-9-19(15(13)10-14)16(20)18-11-12-4-2-1-3-5-12/h1-7,10H,8-9,11H2,(H,18,20). The van der Waals surface area contributed by atoms with Crippen LogP contribution in [-0.4, -0.2) is 12.6 Å². The molecule has 0 spiro atoms. The smallest absolute Gasteiger partial charge is 0.322 e. The lowest BCUT2D eigenvalue weighted by atomic mass is 10.2. The summed E-state index contributed by atoms with van der Waals surface area (Å²) < 4.78 is 13.3. The molecule has 0 saturated carbocycles. The Morgan fingerprint density at radius 1 is 1.20 bits per heavy atom. The molecule has 2 aromatic carbocycles. The maximum absolute atomic E-state index is 13.3. The molecule has 1 N–H and O–H groups in total. The van der Waals surface area contributed by atoms with Crippen molar-refractivity contribution >= 4 is 11.7 Å². The van der Waals surface area contributed by atoms with E-state index in [9.17, 15) is 9.18 Å². The maximum atomic E-state index is 13.3. The molecule has 0 unspecified atom stereocenters. The largest absolute Gasteiger partial charge is 0.334 e. The number of carbonyl (C=O) groups excluding carboxylic acids is 1. The molecule has 0 fully saturated rings. The molecule has 0 saturated heterocycles. The van der Waals surface area contributed by atoms with Gasteiger partial charge in [-0.1, -0.05) is 36.4 Å². The van der Waals surface area contributed by atoms with Gasteiger partial charge in [0.05, 0.1) is 5.69 Å². The van der Waals surface area contributed by atoms with E-state index in [1.165, 1.54) is 12.1 Å². The molecule has 1 heterocycles. The van der Waals surface area contributed by atoms with Gasteiger partial charge in [-0.15, -0.1) is 0 Å². The number of rotatable bonds is 2. The van der Waals surface area contributed by atoms with Crippen LogP contribution in [0.4, 0.5) is 14.9 Å². The lowest BCUT2D eigenvalue weighted by Gasteiger charge is -2.18. The molecule has 1 aliphatic rings. The Balaban J connectivity index is 1.69. The van der Waals surface area contributed by atoms with Crippen LogP contribution in [0.15, 0.2) is 48.5 Å². The highest BCUT2D eigenvalue weighted by Crippen LogP contribution is 2.28. The normalized spacial score (nSPS) is 13.2. The van der Waals surface area contributed by atoms with Crippen LogP contribution in [-0.2, 0) is 13.0 Å². The third kappa shape index (κ3) is 2.50. The van der Waals surface area contributed by atoms with Crippen LogP contribution >= 0.6 is 0 Å². The number of nitrogens with one attached hydrogen (secondary N) is 1. The van der Waals surface area contributed by atoms with Crippen molar-refractivity contribution in [3.8, 4) is 0 Å². The molecule has 2 aromatic rings. The van der Waals surface area contributed by atoms with Gasteiger partial charge in [-0.05, 0) is 29.7 Å². The first-order valence-corrected chi connectivity index (χ1v) is 6.62. The fourth-order valence-electron chi connectivity index (χ4n) is 2.43. The molecule has 0 bridgehead atoms. The minimum absolute atomic E-state index is 0.182. The number of benzene rings is 2. The van der Waals surface area contributed by atoms with Crippen LogP contribution in [0.1, 0.15) is 11.1 Å². The van der Waals surface area contributed by atoms with Crippen LogP contribution < -0.4 is 10.2 Å². The summed E-state index contributed by atoms with van der Waals surface area (Å²) in [6, 6.07) is 14.1. The molecule has 0 atom stereocenters. The molecular formula is C16H15FN2O. The van der Waals surface area contributed by atoms with Crippen LogP contribution in [0.25, 0.3) is 0 Å². The first-order valence-electron chi connectivity index (χ1n) is 6.62. The molecule has 0 aliphatic carbocycles.